The molecule has 3 saturated heterocycles. The van der Waals surface area contributed by atoms with E-state index in [2.05, 4.69) is 6.58 Å². The number of hydrogen-bond acceptors (Lipinski definition) is 5. The van der Waals surface area contributed by atoms with Crippen LogP contribution >= 0.6 is 23.4 Å². The Hall–Kier alpha value is -2.03. The van der Waals surface area contributed by atoms with Crippen molar-refractivity contribution in [1.29, 1.82) is 0 Å². The highest BCUT2D eigenvalue weighted by Crippen LogP contribution is 2.71. The molecule has 2 amide bonds. The zero-order valence-electron chi connectivity index (χ0n) is 19.3. The lowest BCUT2D eigenvalue weighted by Crippen LogP contribution is -2.55. The third-order valence-corrected chi connectivity index (χ3v) is 9.86. The average molecular weight is 507 g/mol. The number of fused-ring (bicyclic) bond motifs is 1. The smallest absolute Gasteiger partial charge is 0.308 e. The van der Waals surface area contributed by atoms with Gasteiger partial charge in [-0.2, -0.15) is 0 Å². The summed E-state index contributed by atoms with van der Waals surface area (Å²) in [6, 6.07) is 6.28. The standard InChI is InChI=1S/C25H31ClN2O5S/c1-3-13-27(17-10-6-5-9-16(17)26)22(31)20-25-12-11-24(2,34-25)19(23(32)33)18(25)21(30)28(20)14-7-4-8-15-29/h3,5-6,9-10,18-20,29H,1,4,7-8,11-15H2,2H3,(H,32,33)/t18-,19+,20?,24-,25?/m0/s1. The first-order valence-electron chi connectivity index (χ1n) is 11.7. The molecule has 2 N–H and O–H groups in total. The molecule has 2 unspecified atom stereocenters. The van der Waals surface area contributed by atoms with Crippen LogP contribution < -0.4 is 4.90 Å². The molecule has 7 nitrogen and oxygen atoms in total. The normalized spacial score (nSPS) is 31.6. The first kappa shape index (κ1) is 25.1. The Bertz CT molecular complexity index is 1010. The lowest BCUT2D eigenvalue weighted by molar-refractivity contribution is -0.150. The highest BCUT2D eigenvalue weighted by Gasteiger charge is 2.77. The van der Waals surface area contributed by atoms with E-state index < -0.39 is 33.3 Å². The van der Waals surface area contributed by atoms with Crippen LogP contribution in [0.25, 0.3) is 0 Å². The fraction of sp³-hybridized carbons (Fsp3) is 0.560. The molecular weight excluding hydrogens is 476 g/mol. The summed E-state index contributed by atoms with van der Waals surface area (Å²) in [7, 11) is 0. The van der Waals surface area contributed by atoms with Gasteiger partial charge in [0.1, 0.15) is 6.04 Å². The van der Waals surface area contributed by atoms with Crippen molar-refractivity contribution in [2.45, 2.75) is 54.6 Å². The number of para-hydroxylation sites is 1. The fourth-order valence-corrected chi connectivity index (χ4v) is 8.73. The van der Waals surface area contributed by atoms with Gasteiger partial charge in [0.2, 0.25) is 5.91 Å². The number of rotatable bonds is 10. The fourth-order valence-electron chi connectivity index (χ4n) is 6.15. The minimum absolute atomic E-state index is 0.0672. The maximum Gasteiger partial charge on any atom is 0.308 e. The minimum Gasteiger partial charge on any atom is -0.481 e. The Kier molecular flexibility index (Phi) is 7.04. The Morgan fingerprint density at radius 3 is 2.68 bits per heavy atom. The van der Waals surface area contributed by atoms with Crippen LogP contribution in [0.1, 0.15) is 39.0 Å². The minimum atomic E-state index is -0.975. The van der Waals surface area contributed by atoms with E-state index in [9.17, 15) is 19.5 Å². The van der Waals surface area contributed by atoms with E-state index in [1.165, 1.54) is 11.8 Å². The molecule has 3 fully saturated rings. The summed E-state index contributed by atoms with van der Waals surface area (Å²) in [6.45, 7) is 6.35. The van der Waals surface area contributed by atoms with E-state index in [4.69, 9.17) is 16.7 Å². The van der Waals surface area contributed by atoms with Gasteiger partial charge in [-0.1, -0.05) is 29.8 Å². The van der Waals surface area contributed by atoms with E-state index in [1.807, 2.05) is 6.92 Å². The maximum absolute atomic E-state index is 14.3. The Balaban J connectivity index is 1.77. The number of unbranched alkanes of at least 4 members (excludes halogenated alkanes) is 2. The highest BCUT2D eigenvalue weighted by atomic mass is 35.5. The SMILES string of the molecule is C=CCN(C(=O)C1N(CCCCCO)C(=O)[C@@H]2[C@H](C(=O)O)[C@]3(C)CCC12S3)c1ccccc1Cl. The van der Waals surface area contributed by atoms with Gasteiger partial charge >= 0.3 is 5.97 Å². The Labute approximate surface area is 209 Å². The van der Waals surface area contributed by atoms with Crippen LogP contribution in [0.15, 0.2) is 36.9 Å². The number of carboxylic acid groups (broad SMARTS) is 1. The molecule has 3 aliphatic rings. The van der Waals surface area contributed by atoms with Crippen LogP contribution in [-0.4, -0.2) is 68.1 Å². The topological polar surface area (TPSA) is 98.2 Å². The Morgan fingerprint density at radius 1 is 1.29 bits per heavy atom. The van der Waals surface area contributed by atoms with Gasteiger partial charge in [0.05, 0.1) is 27.3 Å². The number of hydrogen-bond donors (Lipinski definition) is 2. The largest absolute Gasteiger partial charge is 0.481 e. The maximum atomic E-state index is 14.3. The summed E-state index contributed by atoms with van der Waals surface area (Å²) >= 11 is 7.97. The van der Waals surface area contributed by atoms with Gasteiger partial charge in [0.25, 0.3) is 5.91 Å². The second kappa shape index (κ2) is 9.55. The molecule has 0 saturated carbocycles. The molecule has 1 aromatic carbocycles. The van der Waals surface area contributed by atoms with Crippen LogP contribution in [0.4, 0.5) is 5.69 Å². The predicted molar refractivity (Wildman–Crippen MR) is 133 cm³/mol. The van der Waals surface area contributed by atoms with E-state index in [0.29, 0.717) is 49.4 Å². The number of aliphatic hydroxyl groups is 1. The van der Waals surface area contributed by atoms with Crippen LogP contribution in [0.2, 0.25) is 5.02 Å². The molecule has 4 rings (SSSR count). The molecule has 0 radical (unpaired) electrons. The number of nitrogens with zero attached hydrogens (tertiary/aromatic N) is 2. The lowest BCUT2D eigenvalue weighted by atomic mass is 9.66. The number of anilines is 1. The molecule has 2 bridgehead atoms. The van der Waals surface area contributed by atoms with Crippen molar-refractivity contribution in [2.24, 2.45) is 11.8 Å². The Morgan fingerprint density at radius 2 is 2.03 bits per heavy atom. The van der Waals surface area contributed by atoms with Crippen LogP contribution in [0.5, 0.6) is 0 Å². The first-order chi connectivity index (χ1) is 16.2. The number of halogens is 1. The molecule has 34 heavy (non-hydrogen) atoms. The molecule has 0 aliphatic carbocycles. The van der Waals surface area contributed by atoms with Crippen LogP contribution in [-0.2, 0) is 14.4 Å². The van der Waals surface area contributed by atoms with Crippen molar-refractivity contribution < 1.29 is 24.6 Å². The van der Waals surface area contributed by atoms with E-state index in [-0.39, 0.29) is 25.0 Å². The second-order valence-corrected chi connectivity index (χ2v) is 11.9. The van der Waals surface area contributed by atoms with Gasteiger partial charge in [-0.3, -0.25) is 14.4 Å². The number of aliphatic carboxylic acids is 1. The van der Waals surface area contributed by atoms with E-state index in [1.54, 1.807) is 40.1 Å². The van der Waals surface area contributed by atoms with Crippen molar-refractivity contribution in [2.75, 3.05) is 24.6 Å². The number of thioether (sulfide) groups is 1. The van der Waals surface area contributed by atoms with Crippen molar-refractivity contribution in [1.82, 2.24) is 4.90 Å². The van der Waals surface area contributed by atoms with E-state index >= 15 is 0 Å². The summed E-state index contributed by atoms with van der Waals surface area (Å²) in [5, 5.41) is 19.7. The third-order valence-electron chi connectivity index (χ3n) is 7.55. The third kappa shape index (κ3) is 3.84. The molecule has 1 spiro atoms. The lowest BCUT2D eigenvalue weighted by Gasteiger charge is -2.37. The summed E-state index contributed by atoms with van der Waals surface area (Å²) in [6.07, 6.45) is 4.84. The molecule has 9 heteroatoms. The highest BCUT2D eigenvalue weighted by molar-refractivity contribution is 8.02. The summed E-state index contributed by atoms with van der Waals surface area (Å²) < 4.78 is -1.37. The predicted octanol–water partition coefficient (Wildman–Crippen LogP) is 3.59. The molecule has 184 valence electrons. The summed E-state index contributed by atoms with van der Waals surface area (Å²) in [4.78, 5) is 43.5. The van der Waals surface area contributed by atoms with Gasteiger partial charge in [-0.25, -0.2) is 0 Å². The monoisotopic (exact) mass is 506 g/mol. The number of carboxylic acids is 1. The van der Waals surface area contributed by atoms with Gasteiger partial charge in [0, 0.05) is 24.4 Å². The van der Waals surface area contributed by atoms with Crippen molar-refractivity contribution in [3.8, 4) is 0 Å². The number of benzene rings is 1. The number of carbonyl (C=O) groups excluding carboxylic acids is 2. The number of amides is 2. The van der Waals surface area contributed by atoms with Crippen LogP contribution in [0, 0.1) is 11.8 Å². The summed E-state index contributed by atoms with van der Waals surface area (Å²) in [5.41, 5.74) is 0.542. The number of carbonyl (C=O) groups is 3. The van der Waals surface area contributed by atoms with Crippen molar-refractivity contribution in [3.05, 3.63) is 41.9 Å². The first-order valence-corrected chi connectivity index (χ1v) is 12.9. The summed E-state index contributed by atoms with van der Waals surface area (Å²) in [5.74, 6) is -3.04. The molecule has 3 aliphatic heterocycles. The zero-order chi connectivity index (χ0) is 24.7. The zero-order valence-corrected chi connectivity index (χ0v) is 20.9. The van der Waals surface area contributed by atoms with Crippen LogP contribution in [0.3, 0.4) is 0 Å². The quantitative estimate of drug-likeness (QED) is 0.372. The van der Waals surface area contributed by atoms with Crippen molar-refractivity contribution in [3.63, 3.8) is 0 Å². The molecule has 3 heterocycles. The molecular formula is C25H31ClN2O5S. The van der Waals surface area contributed by atoms with Gasteiger partial charge < -0.3 is 20.0 Å². The van der Waals surface area contributed by atoms with Gasteiger partial charge in [0.15, 0.2) is 0 Å². The van der Waals surface area contributed by atoms with Gasteiger partial charge in [-0.15, -0.1) is 18.3 Å². The van der Waals surface area contributed by atoms with E-state index in [0.717, 1.165) is 0 Å². The second-order valence-electron chi connectivity index (χ2n) is 9.57. The van der Waals surface area contributed by atoms with Gasteiger partial charge in [-0.05, 0) is 51.2 Å². The molecule has 0 aromatic heterocycles. The number of aliphatic hydroxyl groups excluding tert-OH is 1. The average Bonchev–Trinajstić information content (AvgIpc) is 3.36. The molecule has 5 atom stereocenters. The molecule has 1 aromatic rings. The number of likely N-dealkylation sites (tertiary alicyclic amines) is 1. The van der Waals surface area contributed by atoms with Crippen molar-refractivity contribution >= 4 is 46.8 Å².